The van der Waals surface area contributed by atoms with E-state index < -0.39 is 17.5 Å². The largest absolute Gasteiger partial charge is 0.480 e. The number of carboxylic acid groups (broad SMARTS) is 1. The van der Waals surface area contributed by atoms with Crippen LogP contribution in [0.25, 0.3) is 0 Å². The Morgan fingerprint density at radius 1 is 1.37 bits per heavy atom. The molecule has 0 spiro atoms. The standard InChI is InChI=1S/C12H19N3O3S/c1-7-8(2)19-10(13-7)14-11(18)15(6-9(16)17)12(3,4)5/h6H2,1-5H3,(H,16,17)(H,13,14,18). The molecule has 0 unspecified atom stereocenters. The summed E-state index contributed by atoms with van der Waals surface area (Å²) in [4.78, 5) is 29.5. The molecule has 2 amide bonds. The van der Waals surface area contributed by atoms with Gasteiger partial charge in [0, 0.05) is 10.4 Å². The number of aryl methyl sites for hydroxylation is 2. The number of aromatic nitrogens is 1. The summed E-state index contributed by atoms with van der Waals surface area (Å²) in [6, 6.07) is -0.455. The summed E-state index contributed by atoms with van der Waals surface area (Å²) in [7, 11) is 0. The molecule has 0 saturated carbocycles. The van der Waals surface area contributed by atoms with E-state index >= 15 is 0 Å². The van der Waals surface area contributed by atoms with E-state index in [0.717, 1.165) is 10.6 Å². The SMILES string of the molecule is Cc1nc(NC(=O)N(CC(=O)O)C(C)(C)C)sc1C. The van der Waals surface area contributed by atoms with Crippen molar-refractivity contribution < 1.29 is 14.7 Å². The molecule has 1 heterocycles. The van der Waals surface area contributed by atoms with Crippen molar-refractivity contribution in [2.45, 2.75) is 40.2 Å². The fraction of sp³-hybridized carbons (Fsp3) is 0.583. The maximum atomic E-state index is 12.1. The molecule has 0 aromatic carbocycles. The molecule has 0 radical (unpaired) electrons. The van der Waals surface area contributed by atoms with Gasteiger partial charge in [0.2, 0.25) is 0 Å². The number of hydrogen-bond acceptors (Lipinski definition) is 4. The smallest absolute Gasteiger partial charge is 0.324 e. The second kappa shape index (κ2) is 5.56. The summed E-state index contributed by atoms with van der Waals surface area (Å²) in [6.07, 6.45) is 0. The zero-order valence-electron chi connectivity index (χ0n) is 11.8. The zero-order chi connectivity index (χ0) is 14.8. The third-order valence-electron chi connectivity index (χ3n) is 2.59. The normalized spacial score (nSPS) is 11.2. The number of nitrogens with one attached hydrogen (secondary N) is 1. The molecule has 0 fully saturated rings. The molecule has 1 aromatic heterocycles. The Morgan fingerprint density at radius 2 is 1.95 bits per heavy atom. The molecule has 0 aliphatic heterocycles. The van der Waals surface area contributed by atoms with Crippen LogP contribution in [0.5, 0.6) is 0 Å². The maximum absolute atomic E-state index is 12.1. The van der Waals surface area contributed by atoms with Crippen LogP contribution in [0.3, 0.4) is 0 Å². The summed E-state index contributed by atoms with van der Waals surface area (Å²) in [6.45, 7) is 8.79. The monoisotopic (exact) mass is 285 g/mol. The number of carboxylic acids is 1. The van der Waals surface area contributed by atoms with Gasteiger partial charge in [-0.2, -0.15) is 0 Å². The van der Waals surface area contributed by atoms with Crippen molar-refractivity contribution in [3.63, 3.8) is 0 Å². The lowest BCUT2D eigenvalue weighted by atomic mass is 10.1. The van der Waals surface area contributed by atoms with Crippen LogP contribution in [0, 0.1) is 13.8 Å². The third kappa shape index (κ3) is 4.20. The molecule has 6 nitrogen and oxygen atoms in total. The summed E-state index contributed by atoms with van der Waals surface area (Å²) >= 11 is 1.37. The van der Waals surface area contributed by atoms with E-state index in [2.05, 4.69) is 10.3 Å². The number of rotatable bonds is 3. The van der Waals surface area contributed by atoms with Crippen LogP contribution >= 0.6 is 11.3 Å². The maximum Gasteiger partial charge on any atom is 0.324 e. The van der Waals surface area contributed by atoms with Crippen molar-refractivity contribution in [2.75, 3.05) is 11.9 Å². The number of anilines is 1. The fourth-order valence-electron chi connectivity index (χ4n) is 1.43. The molecule has 0 aliphatic carbocycles. The summed E-state index contributed by atoms with van der Waals surface area (Å²) in [5, 5.41) is 12.0. The third-order valence-corrected chi connectivity index (χ3v) is 3.58. The molecule has 1 aromatic rings. The Bertz CT molecular complexity index is 471. The van der Waals surface area contributed by atoms with Crippen molar-refractivity contribution in [3.8, 4) is 0 Å². The van der Waals surface area contributed by atoms with Gasteiger partial charge in [-0.3, -0.25) is 10.1 Å². The molecular weight excluding hydrogens is 266 g/mol. The Kier molecular flexibility index (Phi) is 4.52. The van der Waals surface area contributed by atoms with E-state index in [1.807, 2.05) is 13.8 Å². The van der Waals surface area contributed by atoms with Gasteiger partial charge in [0.1, 0.15) is 6.54 Å². The molecular formula is C12H19N3O3S. The van der Waals surface area contributed by atoms with Gasteiger partial charge in [-0.1, -0.05) is 0 Å². The van der Waals surface area contributed by atoms with Crippen molar-refractivity contribution in [1.82, 2.24) is 9.88 Å². The van der Waals surface area contributed by atoms with Gasteiger partial charge in [0.15, 0.2) is 5.13 Å². The average Bonchev–Trinajstić information content (AvgIpc) is 2.52. The van der Waals surface area contributed by atoms with Crippen molar-refractivity contribution >= 4 is 28.5 Å². The number of carbonyl (C=O) groups excluding carboxylic acids is 1. The first-order valence-electron chi connectivity index (χ1n) is 5.85. The Morgan fingerprint density at radius 3 is 2.32 bits per heavy atom. The predicted octanol–water partition coefficient (Wildman–Crippen LogP) is 2.48. The van der Waals surface area contributed by atoms with Crippen LogP contribution in [0.15, 0.2) is 0 Å². The number of nitrogens with zero attached hydrogens (tertiary/aromatic N) is 2. The van der Waals surface area contributed by atoms with Gasteiger partial charge in [-0.05, 0) is 34.6 Å². The first-order valence-corrected chi connectivity index (χ1v) is 6.67. The van der Waals surface area contributed by atoms with E-state index in [1.165, 1.54) is 16.2 Å². The Balaban J connectivity index is 2.85. The van der Waals surface area contributed by atoms with Crippen molar-refractivity contribution in [1.29, 1.82) is 0 Å². The van der Waals surface area contributed by atoms with Crippen LogP contribution in [-0.2, 0) is 4.79 Å². The van der Waals surface area contributed by atoms with E-state index in [0.29, 0.717) is 5.13 Å². The second-order valence-corrected chi connectivity index (χ2v) is 6.44. The number of thiazole rings is 1. The number of hydrogen-bond donors (Lipinski definition) is 2. The molecule has 0 bridgehead atoms. The highest BCUT2D eigenvalue weighted by atomic mass is 32.1. The minimum atomic E-state index is -1.04. The highest BCUT2D eigenvalue weighted by molar-refractivity contribution is 7.15. The number of amides is 2. The minimum absolute atomic E-state index is 0.349. The lowest BCUT2D eigenvalue weighted by molar-refractivity contribution is -0.138. The van der Waals surface area contributed by atoms with Gasteiger partial charge in [0.05, 0.1) is 5.69 Å². The summed E-state index contributed by atoms with van der Waals surface area (Å²) in [5.74, 6) is -1.04. The van der Waals surface area contributed by atoms with Crippen LogP contribution in [-0.4, -0.2) is 39.1 Å². The molecule has 19 heavy (non-hydrogen) atoms. The minimum Gasteiger partial charge on any atom is -0.480 e. The van der Waals surface area contributed by atoms with E-state index in [1.54, 1.807) is 20.8 Å². The second-order valence-electron chi connectivity index (χ2n) is 5.24. The molecule has 1 rings (SSSR count). The number of aliphatic carboxylic acids is 1. The first kappa shape index (κ1) is 15.4. The van der Waals surface area contributed by atoms with E-state index in [-0.39, 0.29) is 6.54 Å². The van der Waals surface area contributed by atoms with Gasteiger partial charge < -0.3 is 10.0 Å². The lowest BCUT2D eigenvalue weighted by Gasteiger charge is -2.33. The van der Waals surface area contributed by atoms with Crippen LogP contribution in [0.4, 0.5) is 9.93 Å². The topological polar surface area (TPSA) is 82.5 Å². The average molecular weight is 285 g/mol. The molecule has 0 aliphatic rings. The van der Waals surface area contributed by atoms with Crippen LogP contribution < -0.4 is 5.32 Å². The Labute approximate surface area is 116 Å². The zero-order valence-corrected chi connectivity index (χ0v) is 12.6. The quantitative estimate of drug-likeness (QED) is 0.893. The summed E-state index contributed by atoms with van der Waals surface area (Å²) < 4.78 is 0. The van der Waals surface area contributed by atoms with E-state index in [4.69, 9.17) is 5.11 Å². The molecule has 106 valence electrons. The van der Waals surface area contributed by atoms with Gasteiger partial charge in [-0.15, -0.1) is 11.3 Å². The highest BCUT2D eigenvalue weighted by Crippen LogP contribution is 2.22. The van der Waals surface area contributed by atoms with Gasteiger partial charge in [0.25, 0.3) is 0 Å². The van der Waals surface area contributed by atoms with Crippen LogP contribution in [0.2, 0.25) is 0 Å². The van der Waals surface area contributed by atoms with Crippen molar-refractivity contribution in [2.24, 2.45) is 0 Å². The van der Waals surface area contributed by atoms with Gasteiger partial charge in [-0.25, -0.2) is 9.78 Å². The first-order chi connectivity index (χ1) is 8.61. The number of carbonyl (C=O) groups is 2. The summed E-state index contributed by atoms with van der Waals surface area (Å²) in [5.41, 5.74) is 0.282. The molecule has 0 atom stereocenters. The highest BCUT2D eigenvalue weighted by Gasteiger charge is 2.29. The molecule has 0 saturated heterocycles. The molecule has 2 N–H and O–H groups in total. The molecule has 7 heteroatoms. The van der Waals surface area contributed by atoms with E-state index in [9.17, 15) is 9.59 Å². The predicted molar refractivity (Wildman–Crippen MR) is 74.7 cm³/mol. The lowest BCUT2D eigenvalue weighted by Crippen LogP contribution is -2.50. The van der Waals surface area contributed by atoms with Crippen molar-refractivity contribution in [3.05, 3.63) is 10.6 Å². The number of urea groups is 1. The van der Waals surface area contributed by atoms with Crippen LogP contribution in [0.1, 0.15) is 31.3 Å². The fourth-order valence-corrected chi connectivity index (χ4v) is 2.24. The van der Waals surface area contributed by atoms with Gasteiger partial charge >= 0.3 is 12.0 Å². The Hall–Kier alpha value is -1.63.